The number of anilines is 1. The number of amides is 2. The summed E-state index contributed by atoms with van der Waals surface area (Å²) in [6, 6.07) is 2.29. The van der Waals surface area contributed by atoms with Crippen LogP contribution in [0.15, 0.2) is 12.1 Å². The van der Waals surface area contributed by atoms with Gasteiger partial charge in [-0.2, -0.15) is 0 Å². The summed E-state index contributed by atoms with van der Waals surface area (Å²) in [6.45, 7) is 4.60. The van der Waals surface area contributed by atoms with E-state index in [0.29, 0.717) is 36.7 Å². The number of hydrogen-bond donors (Lipinski definition) is 0. The average molecular weight is 464 g/mol. The second-order valence-corrected chi connectivity index (χ2v) is 9.66. The highest BCUT2D eigenvalue weighted by atomic mass is 19.2. The Labute approximate surface area is 197 Å². The third kappa shape index (κ3) is 7.23. The highest BCUT2D eigenvalue weighted by molar-refractivity contribution is 5.94. The highest BCUT2D eigenvalue weighted by Gasteiger charge is 2.24. The minimum absolute atomic E-state index is 0.0596. The highest BCUT2D eigenvalue weighted by Crippen LogP contribution is 2.29. The Morgan fingerprint density at radius 3 is 2.27 bits per heavy atom. The fourth-order valence-electron chi connectivity index (χ4n) is 5.13. The van der Waals surface area contributed by atoms with Crippen molar-refractivity contribution in [1.29, 1.82) is 0 Å². The Hall–Kier alpha value is -2.02. The lowest BCUT2D eigenvalue weighted by Crippen LogP contribution is -2.38. The molecule has 0 bridgehead atoms. The lowest BCUT2D eigenvalue weighted by Gasteiger charge is -2.31. The predicted molar refractivity (Wildman–Crippen MR) is 127 cm³/mol. The van der Waals surface area contributed by atoms with Crippen molar-refractivity contribution in [3.05, 3.63) is 29.3 Å². The molecule has 1 aromatic carbocycles. The molecule has 1 saturated carbocycles. The summed E-state index contributed by atoms with van der Waals surface area (Å²) in [5, 5.41) is 0. The van der Waals surface area contributed by atoms with Gasteiger partial charge in [0.2, 0.25) is 11.8 Å². The van der Waals surface area contributed by atoms with Gasteiger partial charge in [0.15, 0.2) is 11.6 Å². The molecule has 2 amide bonds. The second kappa shape index (κ2) is 12.4. The molecular weight excluding hydrogens is 424 g/mol. The van der Waals surface area contributed by atoms with Crippen molar-refractivity contribution in [2.45, 2.75) is 77.7 Å². The Bertz CT molecular complexity index is 811. The average Bonchev–Trinajstić information content (AvgIpc) is 2.81. The molecule has 1 aliphatic carbocycles. The van der Waals surface area contributed by atoms with E-state index in [1.807, 2.05) is 7.05 Å². The van der Waals surface area contributed by atoms with E-state index in [0.717, 1.165) is 38.4 Å². The first-order valence-electron chi connectivity index (χ1n) is 12.6. The zero-order valence-corrected chi connectivity index (χ0v) is 20.3. The molecular formula is C26H39F2N3O2. The number of fused-ring (bicyclic) bond motifs is 1. The van der Waals surface area contributed by atoms with Gasteiger partial charge in [0, 0.05) is 38.5 Å². The maximum atomic E-state index is 14.3. The third-order valence-electron chi connectivity index (χ3n) is 7.11. The number of hydrogen-bond acceptors (Lipinski definition) is 3. The second-order valence-electron chi connectivity index (χ2n) is 9.66. The summed E-state index contributed by atoms with van der Waals surface area (Å²) < 4.78 is 28.5. The van der Waals surface area contributed by atoms with Gasteiger partial charge in [0.05, 0.1) is 5.69 Å². The van der Waals surface area contributed by atoms with Crippen LogP contribution in [0.3, 0.4) is 0 Å². The van der Waals surface area contributed by atoms with E-state index in [1.165, 1.54) is 38.2 Å². The fraction of sp³-hybridized carbons (Fsp3) is 0.692. The van der Waals surface area contributed by atoms with E-state index < -0.39 is 11.6 Å². The first-order chi connectivity index (χ1) is 15.9. The lowest BCUT2D eigenvalue weighted by molar-refractivity contribution is -0.132. The smallest absolute Gasteiger partial charge is 0.226 e. The summed E-state index contributed by atoms with van der Waals surface area (Å²) in [6.07, 6.45) is 9.38. The van der Waals surface area contributed by atoms with E-state index >= 15 is 0 Å². The minimum atomic E-state index is -0.970. The lowest BCUT2D eigenvalue weighted by atomic mass is 9.86. The molecule has 184 valence electrons. The van der Waals surface area contributed by atoms with E-state index in [1.54, 1.807) is 16.7 Å². The van der Waals surface area contributed by atoms with Gasteiger partial charge in [0.25, 0.3) is 0 Å². The van der Waals surface area contributed by atoms with E-state index in [9.17, 15) is 18.4 Å². The van der Waals surface area contributed by atoms with Crippen molar-refractivity contribution < 1.29 is 18.4 Å². The topological polar surface area (TPSA) is 43.9 Å². The largest absolute Gasteiger partial charge is 0.338 e. The van der Waals surface area contributed by atoms with Crippen LogP contribution < -0.4 is 4.90 Å². The molecule has 7 heteroatoms. The van der Waals surface area contributed by atoms with Crippen LogP contribution in [-0.2, 0) is 16.1 Å². The van der Waals surface area contributed by atoms with Crippen LogP contribution in [0.4, 0.5) is 14.5 Å². The van der Waals surface area contributed by atoms with Crippen molar-refractivity contribution in [2.24, 2.45) is 5.92 Å². The summed E-state index contributed by atoms with van der Waals surface area (Å²) in [4.78, 5) is 31.5. The molecule has 0 N–H and O–H groups in total. The van der Waals surface area contributed by atoms with Crippen molar-refractivity contribution in [3.8, 4) is 0 Å². The molecule has 0 unspecified atom stereocenters. The normalized spacial score (nSPS) is 19.5. The van der Waals surface area contributed by atoms with Gasteiger partial charge in [-0.05, 0) is 56.9 Å². The van der Waals surface area contributed by atoms with Crippen LogP contribution in [0.25, 0.3) is 0 Å². The molecule has 0 atom stereocenters. The number of rotatable bonds is 4. The van der Waals surface area contributed by atoms with Crippen LogP contribution in [-0.4, -0.2) is 54.8 Å². The Morgan fingerprint density at radius 1 is 0.909 bits per heavy atom. The monoisotopic (exact) mass is 463 g/mol. The zero-order valence-electron chi connectivity index (χ0n) is 20.3. The first-order valence-corrected chi connectivity index (χ1v) is 12.6. The molecule has 0 spiro atoms. The predicted octanol–water partition coefficient (Wildman–Crippen LogP) is 5.12. The summed E-state index contributed by atoms with van der Waals surface area (Å²) in [7, 11) is 2.04. The minimum Gasteiger partial charge on any atom is -0.338 e. The summed E-state index contributed by atoms with van der Waals surface area (Å²) in [5.41, 5.74) is 0.879. The number of halogens is 2. The van der Waals surface area contributed by atoms with Crippen molar-refractivity contribution in [3.63, 3.8) is 0 Å². The van der Waals surface area contributed by atoms with Gasteiger partial charge in [0.1, 0.15) is 0 Å². The number of nitrogens with zero attached hydrogens (tertiary/aromatic N) is 3. The molecule has 1 aliphatic heterocycles. The molecule has 1 heterocycles. The van der Waals surface area contributed by atoms with Gasteiger partial charge in [-0.3, -0.25) is 9.59 Å². The zero-order chi connectivity index (χ0) is 23.8. The molecule has 1 fully saturated rings. The quantitative estimate of drug-likeness (QED) is 0.622. The molecule has 3 rings (SSSR count). The van der Waals surface area contributed by atoms with E-state index in [4.69, 9.17) is 0 Å². The van der Waals surface area contributed by atoms with Crippen molar-refractivity contribution >= 4 is 17.5 Å². The molecule has 0 radical (unpaired) electrons. The molecule has 33 heavy (non-hydrogen) atoms. The fourth-order valence-corrected chi connectivity index (χ4v) is 5.13. The van der Waals surface area contributed by atoms with Gasteiger partial charge < -0.3 is 14.7 Å². The number of carbonyl (C=O) groups excluding carboxylic acids is 2. The van der Waals surface area contributed by atoms with E-state index in [-0.39, 0.29) is 24.8 Å². The summed E-state index contributed by atoms with van der Waals surface area (Å²) in [5.74, 6) is -1.37. The molecule has 1 aromatic rings. The van der Waals surface area contributed by atoms with Crippen LogP contribution in [0, 0.1) is 17.6 Å². The van der Waals surface area contributed by atoms with Crippen molar-refractivity contribution in [1.82, 2.24) is 9.80 Å². The number of benzene rings is 1. The van der Waals surface area contributed by atoms with Crippen LogP contribution in [0.2, 0.25) is 0 Å². The molecule has 2 aliphatic rings. The Balaban J connectivity index is 1.86. The Morgan fingerprint density at radius 2 is 1.58 bits per heavy atom. The molecule has 5 nitrogen and oxygen atoms in total. The SMILES string of the molecule is CCC(=O)N1CCCN(C)CCCN(C(=O)CCC2CCCCC2)Cc2cc(F)c(F)cc21. The van der Waals surface area contributed by atoms with Gasteiger partial charge >= 0.3 is 0 Å². The maximum absolute atomic E-state index is 14.3. The maximum Gasteiger partial charge on any atom is 0.226 e. The molecule has 0 saturated heterocycles. The first kappa shape index (κ1) is 25.6. The third-order valence-corrected chi connectivity index (χ3v) is 7.11. The van der Waals surface area contributed by atoms with E-state index in [2.05, 4.69) is 4.90 Å². The summed E-state index contributed by atoms with van der Waals surface area (Å²) >= 11 is 0. The van der Waals surface area contributed by atoms with Crippen LogP contribution in [0.5, 0.6) is 0 Å². The Kier molecular flexibility index (Phi) is 9.65. The van der Waals surface area contributed by atoms with Gasteiger partial charge in [-0.1, -0.05) is 39.0 Å². The standard InChI is InChI=1S/C26H39F2N3O2/c1-3-25(32)31-16-8-14-29(2)13-7-15-30(19-21-17-22(27)23(28)18-24(21)31)26(33)12-11-20-9-5-4-6-10-20/h17-18,20H,3-16,19H2,1-2H3. The van der Waals surface area contributed by atoms with Gasteiger partial charge in [-0.15, -0.1) is 0 Å². The van der Waals surface area contributed by atoms with Crippen molar-refractivity contribution in [2.75, 3.05) is 38.1 Å². The molecule has 0 aromatic heterocycles. The van der Waals surface area contributed by atoms with Crippen LogP contribution in [0.1, 0.15) is 76.7 Å². The van der Waals surface area contributed by atoms with Crippen LogP contribution >= 0.6 is 0 Å². The van der Waals surface area contributed by atoms with Gasteiger partial charge in [-0.25, -0.2) is 8.78 Å². The number of carbonyl (C=O) groups is 2.